The number of rotatable bonds is 7. The van der Waals surface area contributed by atoms with E-state index in [1.54, 1.807) is 7.11 Å². The lowest BCUT2D eigenvalue weighted by molar-refractivity contribution is -0.120. The zero-order valence-electron chi connectivity index (χ0n) is 11.3. The monoisotopic (exact) mass is 250 g/mol. The predicted molar refractivity (Wildman–Crippen MR) is 72.7 cm³/mol. The molecule has 0 aromatic heterocycles. The SMILES string of the molecule is CCCNC(=O)CN[C@H](C)c1ccccc1OC. The van der Waals surface area contributed by atoms with Gasteiger partial charge in [0.05, 0.1) is 13.7 Å². The van der Waals surface area contributed by atoms with E-state index < -0.39 is 0 Å². The average Bonchev–Trinajstić information content (AvgIpc) is 2.42. The van der Waals surface area contributed by atoms with Crippen molar-refractivity contribution in [1.29, 1.82) is 0 Å². The number of benzene rings is 1. The van der Waals surface area contributed by atoms with Gasteiger partial charge in [0, 0.05) is 18.2 Å². The molecule has 0 spiro atoms. The Morgan fingerprint density at radius 2 is 2.11 bits per heavy atom. The lowest BCUT2D eigenvalue weighted by Gasteiger charge is -2.16. The van der Waals surface area contributed by atoms with E-state index in [4.69, 9.17) is 4.74 Å². The summed E-state index contributed by atoms with van der Waals surface area (Å²) in [7, 11) is 1.65. The number of methoxy groups -OCH3 is 1. The highest BCUT2D eigenvalue weighted by Crippen LogP contribution is 2.23. The first-order chi connectivity index (χ1) is 8.69. The van der Waals surface area contributed by atoms with Crippen molar-refractivity contribution in [2.24, 2.45) is 0 Å². The lowest BCUT2D eigenvalue weighted by Crippen LogP contribution is -2.35. The van der Waals surface area contributed by atoms with E-state index in [2.05, 4.69) is 10.6 Å². The highest BCUT2D eigenvalue weighted by molar-refractivity contribution is 5.78. The second-order valence-corrected chi connectivity index (χ2v) is 4.19. The fourth-order valence-corrected chi connectivity index (χ4v) is 1.71. The van der Waals surface area contributed by atoms with Crippen molar-refractivity contribution in [1.82, 2.24) is 10.6 Å². The van der Waals surface area contributed by atoms with Gasteiger partial charge in [-0.05, 0) is 19.4 Å². The van der Waals surface area contributed by atoms with Crippen LogP contribution in [-0.4, -0.2) is 26.1 Å². The largest absolute Gasteiger partial charge is 0.496 e. The minimum absolute atomic E-state index is 0.0265. The van der Waals surface area contributed by atoms with Gasteiger partial charge >= 0.3 is 0 Å². The van der Waals surface area contributed by atoms with Gasteiger partial charge in [0.1, 0.15) is 5.75 Å². The van der Waals surface area contributed by atoms with Crippen LogP contribution in [0, 0.1) is 0 Å². The Morgan fingerprint density at radius 1 is 1.39 bits per heavy atom. The molecule has 1 aromatic rings. The van der Waals surface area contributed by atoms with E-state index in [1.807, 2.05) is 38.1 Å². The van der Waals surface area contributed by atoms with Crippen LogP contribution in [0.25, 0.3) is 0 Å². The summed E-state index contributed by atoms with van der Waals surface area (Å²) in [5, 5.41) is 6.03. The third kappa shape index (κ3) is 4.37. The van der Waals surface area contributed by atoms with Gasteiger partial charge in [-0.3, -0.25) is 4.79 Å². The lowest BCUT2D eigenvalue weighted by atomic mass is 10.1. The molecule has 0 saturated heterocycles. The standard InChI is InChI=1S/C14H22N2O2/c1-4-9-15-14(17)10-16-11(2)12-7-5-6-8-13(12)18-3/h5-8,11,16H,4,9-10H2,1-3H3,(H,15,17)/t11-/m1/s1. The Labute approximate surface area is 109 Å². The zero-order valence-corrected chi connectivity index (χ0v) is 11.3. The van der Waals surface area contributed by atoms with Crippen molar-refractivity contribution >= 4 is 5.91 Å². The number of ether oxygens (including phenoxy) is 1. The summed E-state index contributed by atoms with van der Waals surface area (Å²) in [6.45, 7) is 5.10. The molecule has 0 aliphatic rings. The molecule has 1 aromatic carbocycles. The van der Waals surface area contributed by atoms with Crippen molar-refractivity contribution < 1.29 is 9.53 Å². The Morgan fingerprint density at radius 3 is 2.78 bits per heavy atom. The number of carbonyl (C=O) groups is 1. The van der Waals surface area contributed by atoms with E-state index in [1.165, 1.54) is 0 Å². The van der Waals surface area contributed by atoms with Crippen molar-refractivity contribution in [3.8, 4) is 5.75 Å². The van der Waals surface area contributed by atoms with E-state index in [-0.39, 0.29) is 11.9 Å². The number of para-hydroxylation sites is 1. The molecule has 0 heterocycles. The van der Waals surface area contributed by atoms with Crippen LogP contribution in [0.4, 0.5) is 0 Å². The summed E-state index contributed by atoms with van der Waals surface area (Å²) < 4.78 is 5.30. The highest BCUT2D eigenvalue weighted by Gasteiger charge is 2.11. The van der Waals surface area contributed by atoms with Crippen LogP contribution in [0.1, 0.15) is 31.9 Å². The van der Waals surface area contributed by atoms with E-state index in [9.17, 15) is 4.79 Å². The number of amides is 1. The molecule has 1 atom stereocenters. The normalized spacial score (nSPS) is 11.9. The zero-order chi connectivity index (χ0) is 13.4. The molecular weight excluding hydrogens is 228 g/mol. The first-order valence-electron chi connectivity index (χ1n) is 6.32. The summed E-state index contributed by atoms with van der Waals surface area (Å²) in [6.07, 6.45) is 0.952. The van der Waals surface area contributed by atoms with Gasteiger partial charge in [-0.2, -0.15) is 0 Å². The van der Waals surface area contributed by atoms with Crippen LogP contribution in [0.5, 0.6) is 5.75 Å². The summed E-state index contributed by atoms with van der Waals surface area (Å²) in [5.41, 5.74) is 1.06. The predicted octanol–water partition coefficient (Wildman–Crippen LogP) is 1.87. The molecule has 0 fully saturated rings. The Kier molecular flexibility index (Phi) is 6.22. The van der Waals surface area contributed by atoms with E-state index >= 15 is 0 Å². The van der Waals surface area contributed by atoms with Gasteiger partial charge in [-0.15, -0.1) is 0 Å². The second kappa shape index (κ2) is 7.71. The van der Waals surface area contributed by atoms with Gasteiger partial charge in [-0.25, -0.2) is 0 Å². The molecule has 0 aliphatic carbocycles. The van der Waals surface area contributed by atoms with Gasteiger partial charge in [0.2, 0.25) is 5.91 Å². The maximum Gasteiger partial charge on any atom is 0.233 e. The van der Waals surface area contributed by atoms with Crippen LogP contribution in [0.3, 0.4) is 0 Å². The number of carbonyl (C=O) groups excluding carboxylic acids is 1. The summed E-state index contributed by atoms with van der Waals surface area (Å²) >= 11 is 0. The minimum atomic E-state index is 0.0265. The van der Waals surface area contributed by atoms with Crippen molar-refractivity contribution in [2.75, 3.05) is 20.2 Å². The molecule has 1 amide bonds. The fourth-order valence-electron chi connectivity index (χ4n) is 1.71. The summed E-state index contributed by atoms with van der Waals surface area (Å²) in [6, 6.07) is 7.90. The van der Waals surface area contributed by atoms with Crippen LogP contribution < -0.4 is 15.4 Å². The molecule has 100 valence electrons. The van der Waals surface area contributed by atoms with Crippen molar-refractivity contribution in [3.05, 3.63) is 29.8 Å². The molecule has 18 heavy (non-hydrogen) atoms. The summed E-state index contributed by atoms with van der Waals surface area (Å²) in [5.74, 6) is 0.866. The maximum atomic E-state index is 11.5. The Bertz CT molecular complexity index is 380. The molecule has 0 aliphatic heterocycles. The smallest absolute Gasteiger partial charge is 0.233 e. The topological polar surface area (TPSA) is 50.4 Å². The number of hydrogen-bond acceptors (Lipinski definition) is 3. The molecular formula is C14H22N2O2. The minimum Gasteiger partial charge on any atom is -0.496 e. The average molecular weight is 250 g/mol. The number of nitrogens with one attached hydrogen (secondary N) is 2. The molecule has 0 saturated carbocycles. The molecule has 0 radical (unpaired) electrons. The first kappa shape index (κ1) is 14.5. The maximum absolute atomic E-state index is 11.5. The van der Waals surface area contributed by atoms with Gasteiger partial charge in [-0.1, -0.05) is 25.1 Å². The molecule has 2 N–H and O–H groups in total. The third-order valence-electron chi connectivity index (χ3n) is 2.75. The van der Waals surface area contributed by atoms with Gasteiger partial charge < -0.3 is 15.4 Å². The van der Waals surface area contributed by atoms with Crippen LogP contribution in [0.15, 0.2) is 24.3 Å². The van der Waals surface area contributed by atoms with E-state index in [0.717, 1.165) is 24.3 Å². The quantitative estimate of drug-likeness (QED) is 0.776. The molecule has 4 nitrogen and oxygen atoms in total. The Hall–Kier alpha value is -1.55. The van der Waals surface area contributed by atoms with Gasteiger partial charge in [0.15, 0.2) is 0 Å². The molecule has 0 unspecified atom stereocenters. The Balaban J connectivity index is 2.49. The summed E-state index contributed by atoms with van der Waals surface area (Å²) in [4.78, 5) is 11.5. The van der Waals surface area contributed by atoms with Crippen molar-refractivity contribution in [2.45, 2.75) is 26.3 Å². The second-order valence-electron chi connectivity index (χ2n) is 4.19. The molecule has 0 bridgehead atoms. The van der Waals surface area contributed by atoms with Gasteiger partial charge in [0.25, 0.3) is 0 Å². The van der Waals surface area contributed by atoms with Crippen LogP contribution in [-0.2, 0) is 4.79 Å². The number of hydrogen-bond donors (Lipinski definition) is 2. The molecule has 4 heteroatoms. The van der Waals surface area contributed by atoms with Crippen LogP contribution in [0.2, 0.25) is 0 Å². The molecule has 1 rings (SSSR count). The van der Waals surface area contributed by atoms with Crippen molar-refractivity contribution in [3.63, 3.8) is 0 Å². The first-order valence-corrected chi connectivity index (χ1v) is 6.32. The highest BCUT2D eigenvalue weighted by atomic mass is 16.5. The third-order valence-corrected chi connectivity index (χ3v) is 2.75. The van der Waals surface area contributed by atoms with Crippen LogP contribution >= 0.6 is 0 Å². The fraction of sp³-hybridized carbons (Fsp3) is 0.500. The van der Waals surface area contributed by atoms with E-state index in [0.29, 0.717) is 6.54 Å².